The van der Waals surface area contributed by atoms with E-state index in [2.05, 4.69) is 15.5 Å². The predicted molar refractivity (Wildman–Crippen MR) is 96.8 cm³/mol. The van der Waals surface area contributed by atoms with Crippen LogP contribution >= 0.6 is 0 Å². The summed E-state index contributed by atoms with van der Waals surface area (Å²) in [6, 6.07) is 3.33. The molecule has 26 heavy (non-hydrogen) atoms. The van der Waals surface area contributed by atoms with Gasteiger partial charge in [0.25, 0.3) is 0 Å². The number of hydrogen-bond acceptors (Lipinski definition) is 6. The second-order valence-electron chi connectivity index (χ2n) is 6.84. The van der Waals surface area contributed by atoms with Gasteiger partial charge < -0.3 is 14.5 Å². The van der Waals surface area contributed by atoms with Crippen LogP contribution in [0.5, 0.6) is 0 Å². The molecule has 2 rings (SSSR count). The van der Waals surface area contributed by atoms with Gasteiger partial charge in [-0.3, -0.25) is 9.83 Å². The number of amidine groups is 1. The molecule has 0 unspecified atom stereocenters. The van der Waals surface area contributed by atoms with Crippen LogP contribution in [0.25, 0.3) is 0 Å². The van der Waals surface area contributed by atoms with E-state index in [0.717, 1.165) is 0 Å². The van der Waals surface area contributed by atoms with E-state index in [1.807, 2.05) is 25.7 Å². The van der Waals surface area contributed by atoms with Crippen molar-refractivity contribution in [3.8, 4) is 0 Å². The van der Waals surface area contributed by atoms with Crippen LogP contribution in [-0.2, 0) is 9.57 Å². The molecule has 1 aliphatic rings. The third kappa shape index (κ3) is 5.04. The number of amides is 1. The number of piperazine rings is 1. The van der Waals surface area contributed by atoms with E-state index in [-0.39, 0.29) is 6.09 Å². The number of carbonyl (C=O) groups excluding carboxylic acids is 1. The third-order valence-corrected chi connectivity index (χ3v) is 3.77. The van der Waals surface area contributed by atoms with Gasteiger partial charge in [0.1, 0.15) is 11.3 Å². The number of halogens is 1. The Balaban J connectivity index is 2.02. The van der Waals surface area contributed by atoms with Crippen LogP contribution in [0.2, 0.25) is 0 Å². The Morgan fingerprint density at radius 2 is 1.92 bits per heavy atom. The summed E-state index contributed by atoms with van der Waals surface area (Å²) in [5.74, 6) is -0.250. The van der Waals surface area contributed by atoms with Gasteiger partial charge in [0.05, 0.1) is 12.8 Å². The van der Waals surface area contributed by atoms with E-state index >= 15 is 0 Å². The van der Waals surface area contributed by atoms with E-state index in [9.17, 15) is 9.18 Å². The number of rotatable bonds is 3. The summed E-state index contributed by atoms with van der Waals surface area (Å²) in [6.07, 6.45) is -0.347. The number of aromatic nitrogens is 1. The number of hydroxylamine groups is 1. The zero-order chi connectivity index (χ0) is 19.3. The van der Waals surface area contributed by atoms with Crippen LogP contribution in [0, 0.1) is 5.95 Å². The second-order valence-corrected chi connectivity index (χ2v) is 6.84. The van der Waals surface area contributed by atoms with Gasteiger partial charge in [-0.15, -0.1) is 0 Å². The second kappa shape index (κ2) is 8.31. The fourth-order valence-corrected chi connectivity index (χ4v) is 2.56. The first-order valence-electron chi connectivity index (χ1n) is 8.40. The molecule has 1 saturated heterocycles. The molecule has 1 aromatic rings. The maximum atomic E-state index is 14.5. The van der Waals surface area contributed by atoms with Crippen molar-refractivity contribution >= 4 is 17.6 Å². The highest BCUT2D eigenvalue weighted by Gasteiger charge is 2.27. The number of ether oxygens (including phenoxy) is 1. The molecule has 0 saturated carbocycles. The minimum absolute atomic E-state index is 0.340. The first-order chi connectivity index (χ1) is 12.2. The van der Waals surface area contributed by atoms with Gasteiger partial charge in [-0.2, -0.15) is 4.39 Å². The van der Waals surface area contributed by atoms with E-state index in [1.165, 1.54) is 7.11 Å². The summed E-state index contributed by atoms with van der Waals surface area (Å²) in [5, 5.41) is 0. The lowest BCUT2D eigenvalue weighted by Crippen LogP contribution is -2.50. The molecule has 1 amide bonds. The molecule has 1 aliphatic heterocycles. The van der Waals surface area contributed by atoms with Crippen molar-refractivity contribution in [2.24, 2.45) is 4.99 Å². The highest BCUT2D eigenvalue weighted by molar-refractivity contribution is 5.96. The maximum Gasteiger partial charge on any atom is 0.410 e. The van der Waals surface area contributed by atoms with Gasteiger partial charge in [-0.1, -0.05) is 0 Å². The number of anilines is 1. The van der Waals surface area contributed by atoms with Gasteiger partial charge in [0.15, 0.2) is 5.84 Å². The standard InChI is InChI=1S/C17H26FN5O3/c1-17(2,3)26-16(24)23-10-8-22(9-11-23)13-7-6-12(20-14(13)18)15(19-4)21-25-5/h6-7H,8-11H2,1-5H3,(H,19,21). The molecular weight excluding hydrogens is 341 g/mol. The first kappa shape index (κ1) is 19.9. The van der Waals surface area contributed by atoms with E-state index in [1.54, 1.807) is 24.1 Å². The monoisotopic (exact) mass is 367 g/mol. The van der Waals surface area contributed by atoms with Gasteiger partial charge >= 0.3 is 6.09 Å². The summed E-state index contributed by atoms with van der Waals surface area (Å²) in [5.41, 5.74) is 2.77. The quantitative estimate of drug-likeness (QED) is 0.380. The lowest BCUT2D eigenvalue weighted by Gasteiger charge is -2.36. The maximum absolute atomic E-state index is 14.5. The molecule has 0 aliphatic carbocycles. The molecule has 8 nitrogen and oxygen atoms in total. The molecule has 0 radical (unpaired) electrons. The average molecular weight is 367 g/mol. The molecule has 2 heterocycles. The topological polar surface area (TPSA) is 79.3 Å². The molecule has 0 aromatic carbocycles. The van der Waals surface area contributed by atoms with Crippen LogP contribution in [-0.4, -0.2) is 67.8 Å². The Hall–Kier alpha value is -2.42. The number of hydrogen-bond donors (Lipinski definition) is 1. The summed E-state index contributed by atoms with van der Waals surface area (Å²) < 4.78 is 19.8. The van der Waals surface area contributed by atoms with Gasteiger partial charge in [0.2, 0.25) is 5.95 Å². The van der Waals surface area contributed by atoms with Gasteiger partial charge in [-0.05, 0) is 32.9 Å². The number of nitrogens with one attached hydrogen (secondary N) is 1. The highest BCUT2D eigenvalue weighted by Crippen LogP contribution is 2.21. The van der Waals surface area contributed by atoms with Crippen molar-refractivity contribution in [3.63, 3.8) is 0 Å². The van der Waals surface area contributed by atoms with Gasteiger partial charge in [0, 0.05) is 33.2 Å². The molecular formula is C17H26FN5O3. The number of carbonyl (C=O) groups is 1. The Morgan fingerprint density at radius 1 is 1.27 bits per heavy atom. The van der Waals surface area contributed by atoms with Crippen LogP contribution in [0.4, 0.5) is 14.9 Å². The van der Waals surface area contributed by atoms with E-state index < -0.39 is 11.5 Å². The van der Waals surface area contributed by atoms with Crippen LogP contribution in [0.15, 0.2) is 17.1 Å². The molecule has 1 N–H and O–H groups in total. The fraction of sp³-hybridized carbons (Fsp3) is 0.588. The van der Waals surface area contributed by atoms with Crippen molar-refractivity contribution in [2.75, 3.05) is 45.2 Å². The van der Waals surface area contributed by atoms with Crippen molar-refractivity contribution in [2.45, 2.75) is 26.4 Å². The lowest BCUT2D eigenvalue weighted by molar-refractivity contribution is 0.0240. The predicted octanol–water partition coefficient (Wildman–Crippen LogP) is 1.81. The van der Waals surface area contributed by atoms with Gasteiger partial charge in [-0.25, -0.2) is 15.3 Å². The number of nitrogens with zero attached hydrogens (tertiary/aromatic N) is 4. The summed E-state index contributed by atoms with van der Waals surface area (Å²) in [4.78, 5) is 28.3. The first-order valence-corrected chi connectivity index (χ1v) is 8.40. The summed E-state index contributed by atoms with van der Waals surface area (Å²) >= 11 is 0. The van der Waals surface area contributed by atoms with Crippen molar-refractivity contribution < 1.29 is 18.8 Å². The Kier molecular flexibility index (Phi) is 6.36. The zero-order valence-electron chi connectivity index (χ0n) is 15.9. The average Bonchev–Trinajstić information content (AvgIpc) is 2.58. The summed E-state index contributed by atoms with van der Waals surface area (Å²) in [7, 11) is 3.00. The zero-order valence-corrected chi connectivity index (χ0v) is 15.9. The normalized spacial score (nSPS) is 15.8. The fourth-order valence-electron chi connectivity index (χ4n) is 2.56. The summed E-state index contributed by atoms with van der Waals surface area (Å²) in [6.45, 7) is 7.42. The molecule has 0 bridgehead atoms. The van der Waals surface area contributed by atoms with Crippen molar-refractivity contribution in [3.05, 3.63) is 23.8 Å². The smallest absolute Gasteiger partial charge is 0.410 e. The molecule has 1 fully saturated rings. The molecule has 9 heteroatoms. The Morgan fingerprint density at radius 3 is 2.42 bits per heavy atom. The lowest BCUT2D eigenvalue weighted by atomic mass is 10.2. The molecule has 1 aromatic heterocycles. The van der Waals surface area contributed by atoms with Crippen molar-refractivity contribution in [1.82, 2.24) is 15.4 Å². The molecule has 0 atom stereocenters. The third-order valence-electron chi connectivity index (χ3n) is 3.77. The van der Waals surface area contributed by atoms with E-state index in [4.69, 9.17) is 9.57 Å². The molecule has 144 valence electrons. The Bertz CT molecular complexity index is 667. The van der Waals surface area contributed by atoms with E-state index in [0.29, 0.717) is 43.4 Å². The number of aliphatic imine (C=N–C) groups is 1. The van der Waals surface area contributed by atoms with Crippen LogP contribution < -0.4 is 10.4 Å². The largest absolute Gasteiger partial charge is 0.444 e. The van der Waals surface area contributed by atoms with Crippen LogP contribution in [0.1, 0.15) is 26.5 Å². The minimum atomic E-state index is -0.590. The minimum Gasteiger partial charge on any atom is -0.444 e. The van der Waals surface area contributed by atoms with Crippen LogP contribution in [0.3, 0.4) is 0 Å². The SMILES string of the molecule is CN=C(NOC)c1ccc(N2CCN(C(=O)OC(C)(C)C)CC2)c(F)n1. The highest BCUT2D eigenvalue weighted by atomic mass is 19.1. The number of pyridine rings is 1. The molecule has 0 spiro atoms. The Labute approximate surface area is 152 Å². The van der Waals surface area contributed by atoms with Crippen molar-refractivity contribution in [1.29, 1.82) is 0 Å².